The van der Waals surface area contributed by atoms with Crippen LogP contribution in [0.2, 0.25) is 0 Å². The Morgan fingerprint density at radius 3 is 0.758 bits per heavy atom. The predicted molar refractivity (Wildman–Crippen MR) is 251 cm³/mol. The van der Waals surface area contributed by atoms with Gasteiger partial charge in [0.1, 0.15) is 0 Å². The van der Waals surface area contributed by atoms with E-state index in [4.69, 9.17) is 29.9 Å². The molecule has 62 heavy (non-hydrogen) atoms. The molecule has 0 unspecified atom stereocenters. The quantitative estimate of drug-likeness (QED) is 0.152. The number of fused-ring (bicyclic) bond motifs is 3. The van der Waals surface area contributed by atoms with Crippen LogP contribution in [-0.4, -0.2) is 34.5 Å². The van der Waals surface area contributed by atoms with Crippen molar-refractivity contribution in [1.29, 1.82) is 0 Å². The number of benzene rings is 8. The Bertz CT molecular complexity index is 3030. The van der Waals surface area contributed by atoms with Gasteiger partial charge in [-0.3, -0.25) is 0 Å². The van der Waals surface area contributed by atoms with Crippen LogP contribution < -0.4 is 0 Å². The lowest BCUT2D eigenvalue weighted by atomic mass is 9.99. The summed E-state index contributed by atoms with van der Waals surface area (Å²) in [5.41, 5.74) is 12.5. The first kappa shape index (κ1) is 36.6. The number of aromatic nitrogens is 7. The highest BCUT2D eigenvalue weighted by Gasteiger charge is 2.19. The standard InChI is InChI=1S/C55H37N7/c1-62-48-44(36-28-32-42(33-29-36)54-58-50(38-16-6-2-7-17-38)56-51(59-54)39-18-8-3-9-19-39)24-14-26-46(48)47-27-15-25-45(49(47)62)37-30-34-43(35-31-37)55-60-52(40-20-10-4-11-21-40)57-53(61-55)41-22-12-5-13-23-41/h2-35H,1H3. The van der Waals surface area contributed by atoms with Crippen molar-refractivity contribution in [2.24, 2.45) is 7.05 Å². The molecule has 0 fully saturated rings. The molecule has 0 bridgehead atoms. The molecule has 0 aliphatic heterocycles. The van der Waals surface area contributed by atoms with E-state index < -0.39 is 0 Å². The van der Waals surface area contributed by atoms with Crippen molar-refractivity contribution in [3.63, 3.8) is 0 Å². The van der Waals surface area contributed by atoms with Crippen molar-refractivity contribution in [3.05, 3.63) is 206 Å². The molecule has 0 atom stereocenters. The second-order valence-corrected chi connectivity index (χ2v) is 15.2. The van der Waals surface area contributed by atoms with Gasteiger partial charge in [0, 0.05) is 62.3 Å². The minimum Gasteiger partial charge on any atom is -0.343 e. The van der Waals surface area contributed by atoms with Crippen LogP contribution in [-0.2, 0) is 7.05 Å². The van der Waals surface area contributed by atoms with E-state index >= 15 is 0 Å². The van der Waals surface area contributed by atoms with E-state index in [2.05, 4.69) is 96.5 Å². The zero-order valence-corrected chi connectivity index (χ0v) is 33.8. The first-order chi connectivity index (χ1) is 30.6. The molecule has 0 aliphatic carbocycles. The third-order valence-corrected chi connectivity index (χ3v) is 11.3. The highest BCUT2D eigenvalue weighted by molar-refractivity contribution is 6.16. The fourth-order valence-corrected chi connectivity index (χ4v) is 8.30. The predicted octanol–water partition coefficient (Wildman–Crippen LogP) is 13.0. The summed E-state index contributed by atoms with van der Waals surface area (Å²) >= 11 is 0. The first-order valence-electron chi connectivity index (χ1n) is 20.6. The average molecular weight is 796 g/mol. The molecular weight excluding hydrogens is 759 g/mol. The van der Waals surface area contributed by atoms with Crippen LogP contribution >= 0.6 is 0 Å². The zero-order chi connectivity index (χ0) is 41.4. The van der Waals surface area contributed by atoms with Crippen LogP contribution in [0, 0.1) is 0 Å². The van der Waals surface area contributed by atoms with Crippen molar-refractivity contribution in [3.8, 4) is 90.6 Å². The topological polar surface area (TPSA) is 82.3 Å². The van der Waals surface area contributed by atoms with E-state index in [1.54, 1.807) is 0 Å². The Hall–Kier alpha value is -8.42. The van der Waals surface area contributed by atoms with Gasteiger partial charge in [-0.25, -0.2) is 29.9 Å². The normalized spacial score (nSPS) is 11.3. The zero-order valence-electron chi connectivity index (χ0n) is 33.8. The smallest absolute Gasteiger partial charge is 0.164 e. The van der Waals surface area contributed by atoms with Crippen LogP contribution in [0.1, 0.15) is 0 Å². The van der Waals surface area contributed by atoms with Crippen LogP contribution in [0.15, 0.2) is 206 Å². The van der Waals surface area contributed by atoms with Crippen molar-refractivity contribution in [2.75, 3.05) is 0 Å². The molecule has 0 saturated carbocycles. The summed E-state index contributed by atoms with van der Waals surface area (Å²) in [6, 6.07) is 70.6. The summed E-state index contributed by atoms with van der Waals surface area (Å²) in [6.07, 6.45) is 0. The molecule has 8 aromatic carbocycles. The lowest BCUT2D eigenvalue weighted by Gasteiger charge is -2.11. The van der Waals surface area contributed by atoms with Crippen molar-refractivity contribution >= 4 is 21.8 Å². The molecular formula is C55H37N7. The van der Waals surface area contributed by atoms with Crippen molar-refractivity contribution < 1.29 is 0 Å². The Morgan fingerprint density at radius 2 is 0.484 bits per heavy atom. The van der Waals surface area contributed by atoms with Gasteiger partial charge in [0.25, 0.3) is 0 Å². The van der Waals surface area contributed by atoms with Gasteiger partial charge in [-0.05, 0) is 11.1 Å². The van der Waals surface area contributed by atoms with Crippen molar-refractivity contribution in [2.45, 2.75) is 0 Å². The maximum atomic E-state index is 4.95. The third-order valence-electron chi connectivity index (χ3n) is 11.3. The molecule has 7 heteroatoms. The molecule has 7 nitrogen and oxygen atoms in total. The van der Waals surface area contributed by atoms with Crippen LogP contribution in [0.4, 0.5) is 0 Å². The molecule has 0 amide bonds. The Labute approximate surface area is 358 Å². The van der Waals surface area contributed by atoms with E-state index in [-0.39, 0.29) is 0 Å². The van der Waals surface area contributed by atoms with Crippen LogP contribution in [0.3, 0.4) is 0 Å². The Balaban J connectivity index is 0.959. The van der Waals surface area contributed by atoms with Gasteiger partial charge in [-0.2, -0.15) is 0 Å². The molecule has 0 radical (unpaired) electrons. The molecule has 292 valence electrons. The first-order valence-corrected chi connectivity index (χ1v) is 20.6. The summed E-state index contributed by atoms with van der Waals surface area (Å²) in [6.45, 7) is 0. The molecule has 0 aliphatic rings. The average Bonchev–Trinajstić information content (AvgIpc) is 3.66. The van der Waals surface area contributed by atoms with Gasteiger partial charge < -0.3 is 4.57 Å². The number of aryl methyl sites for hydroxylation is 1. The number of para-hydroxylation sites is 2. The van der Waals surface area contributed by atoms with E-state index in [1.807, 2.05) is 121 Å². The molecule has 0 N–H and O–H groups in total. The summed E-state index contributed by atoms with van der Waals surface area (Å²) in [5, 5.41) is 2.40. The van der Waals surface area contributed by atoms with Gasteiger partial charge in [0.15, 0.2) is 34.9 Å². The second-order valence-electron chi connectivity index (χ2n) is 15.2. The fraction of sp³-hybridized carbons (Fsp3) is 0.0182. The summed E-state index contributed by atoms with van der Waals surface area (Å²) < 4.78 is 2.34. The second kappa shape index (κ2) is 15.6. The lowest BCUT2D eigenvalue weighted by molar-refractivity contribution is 1.02. The maximum Gasteiger partial charge on any atom is 0.164 e. The van der Waals surface area contributed by atoms with E-state index in [9.17, 15) is 0 Å². The minimum absolute atomic E-state index is 0.631. The van der Waals surface area contributed by atoms with E-state index in [0.717, 1.165) is 55.6 Å². The van der Waals surface area contributed by atoms with Crippen molar-refractivity contribution in [1.82, 2.24) is 34.5 Å². The lowest BCUT2D eigenvalue weighted by Crippen LogP contribution is -2.00. The summed E-state index contributed by atoms with van der Waals surface area (Å²) in [4.78, 5) is 29.6. The SMILES string of the molecule is Cn1c2c(-c3ccc(-c4nc(-c5ccccc5)nc(-c5ccccc5)n4)cc3)cccc2c2cccc(-c3ccc(-c4nc(-c5ccccc5)nc(-c5ccccc5)n4)cc3)c21. The maximum absolute atomic E-state index is 4.95. The van der Waals surface area contributed by atoms with Gasteiger partial charge in [0.05, 0.1) is 11.0 Å². The van der Waals surface area contributed by atoms with Gasteiger partial charge >= 0.3 is 0 Å². The van der Waals surface area contributed by atoms with Gasteiger partial charge in [-0.15, -0.1) is 0 Å². The Morgan fingerprint density at radius 1 is 0.242 bits per heavy atom. The highest BCUT2D eigenvalue weighted by atomic mass is 15.0. The minimum atomic E-state index is 0.631. The number of hydrogen-bond acceptors (Lipinski definition) is 6. The summed E-state index contributed by atoms with van der Waals surface area (Å²) in [7, 11) is 2.17. The molecule has 0 saturated heterocycles. The summed E-state index contributed by atoms with van der Waals surface area (Å²) in [5.74, 6) is 3.83. The molecule has 11 rings (SSSR count). The molecule has 11 aromatic rings. The Kier molecular flexibility index (Phi) is 9.24. The number of hydrogen-bond donors (Lipinski definition) is 0. The molecule has 3 heterocycles. The van der Waals surface area contributed by atoms with Gasteiger partial charge in [-0.1, -0.05) is 206 Å². The van der Waals surface area contributed by atoms with Gasteiger partial charge in [0.2, 0.25) is 0 Å². The molecule has 3 aromatic heterocycles. The monoisotopic (exact) mass is 795 g/mol. The highest BCUT2D eigenvalue weighted by Crippen LogP contribution is 2.40. The third kappa shape index (κ3) is 6.77. The van der Waals surface area contributed by atoms with Crippen LogP contribution in [0.25, 0.3) is 112 Å². The van der Waals surface area contributed by atoms with E-state index in [1.165, 1.54) is 21.8 Å². The number of nitrogens with zero attached hydrogens (tertiary/aromatic N) is 7. The number of rotatable bonds is 8. The largest absolute Gasteiger partial charge is 0.343 e. The molecule has 0 spiro atoms. The fourth-order valence-electron chi connectivity index (χ4n) is 8.30. The van der Waals surface area contributed by atoms with Crippen LogP contribution in [0.5, 0.6) is 0 Å². The van der Waals surface area contributed by atoms with E-state index in [0.29, 0.717) is 34.9 Å².